The van der Waals surface area contributed by atoms with Gasteiger partial charge in [-0.25, -0.2) is 4.39 Å². The third-order valence-corrected chi connectivity index (χ3v) is 3.01. The van der Waals surface area contributed by atoms with Crippen LogP contribution in [0.3, 0.4) is 0 Å². The van der Waals surface area contributed by atoms with Gasteiger partial charge in [0, 0.05) is 11.6 Å². The molecule has 21 heavy (non-hydrogen) atoms. The molecule has 0 fully saturated rings. The zero-order chi connectivity index (χ0) is 15.4. The molecule has 2 aromatic carbocycles. The average Bonchev–Trinajstić information content (AvgIpc) is 2.46. The molecule has 0 radical (unpaired) electrons. The number of rotatable bonds is 5. The minimum Gasteiger partial charge on any atom is -0.497 e. The first-order chi connectivity index (χ1) is 10.0. The molecule has 0 aliphatic rings. The van der Waals surface area contributed by atoms with Crippen LogP contribution in [0.25, 0.3) is 0 Å². The molecule has 2 aromatic rings. The molecule has 0 heterocycles. The lowest BCUT2D eigenvalue weighted by Crippen LogP contribution is -2.13. The van der Waals surface area contributed by atoms with Crippen LogP contribution in [0, 0.1) is 5.82 Å². The maximum absolute atomic E-state index is 13.9. The van der Waals surface area contributed by atoms with E-state index in [1.807, 2.05) is 0 Å². The third kappa shape index (κ3) is 3.66. The summed E-state index contributed by atoms with van der Waals surface area (Å²) in [5, 5.41) is 0. The molecule has 0 saturated heterocycles. The monoisotopic (exact) mass is 297 g/mol. The first kappa shape index (κ1) is 15.2. The van der Waals surface area contributed by atoms with Gasteiger partial charge in [0.05, 0.1) is 13.2 Å². The van der Waals surface area contributed by atoms with Crippen LogP contribution in [0.5, 0.6) is 11.5 Å². The molecule has 0 saturated carbocycles. The first-order valence-electron chi connectivity index (χ1n) is 6.15. The largest absolute Gasteiger partial charge is 0.497 e. The van der Waals surface area contributed by atoms with Crippen molar-refractivity contribution in [2.45, 2.75) is 12.7 Å². The van der Waals surface area contributed by atoms with Crippen LogP contribution >= 0.6 is 0 Å². The molecule has 0 spiro atoms. The van der Waals surface area contributed by atoms with Crippen molar-refractivity contribution >= 4 is 0 Å². The topological polar surface area (TPSA) is 44.5 Å². The quantitative estimate of drug-likeness (QED) is 0.919. The van der Waals surface area contributed by atoms with E-state index in [1.54, 1.807) is 6.07 Å². The average molecular weight is 297 g/mol. The van der Waals surface area contributed by atoms with Crippen LogP contribution in [-0.2, 0) is 0 Å². The number of ether oxygens (including phenoxy) is 2. The Morgan fingerprint density at radius 3 is 2.14 bits per heavy atom. The highest BCUT2D eigenvalue weighted by Gasteiger charge is 2.15. The second-order valence-electron chi connectivity index (χ2n) is 4.31. The van der Waals surface area contributed by atoms with Gasteiger partial charge < -0.3 is 15.2 Å². The number of methoxy groups -OCH3 is 1. The van der Waals surface area contributed by atoms with Crippen molar-refractivity contribution in [2.75, 3.05) is 7.11 Å². The Bertz CT molecular complexity index is 602. The highest BCUT2D eigenvalue weighted by molar-refractivity contribution is 5.38. The first-order valence-corrected chi connectivity index (χ1v) is 6.15. The van der Waals surface area contributed by atoms with E-state index in [2.05, 4.69) is 4.74 Å². The molecule has 2 rings (SSSR count). The number of alkyl halides is 2. The smallest absolute Gasteiger partial charge is 0.387 e. The number of benzene rings is 2. The molecule has 0 amide bonds. The number of nitrogens with two attached hydrogens (primary N) is 1. The second kappa shape index (κ2) is 6.49. The zero-order valence-electron chi connectivity index (χ0n) is 11.2. The second-order valence-corrected chi connectivity index (χ2v) is 4.31. The normalized spacial score (nSPS) is 12.3. The van der Waals surface area contributed by atoms with Gasteiger partial charge in [-0.2, -0.15) is 8.78 Å². The fourth-order valence-electron chi connectivity index (χ4n) is 1.92. The molecule has 3 nitrogen and oxygen atoms in total. The Morgan fingerprint density at radius 2 is 1.62 bits per heavy atom. The minimum absolute atomic E-state index is 0.0242. The lowest BCUT2D eigenvalue weighted by molar-refractivity contribution is -0.0498. The lowest BCUT2D eigenvalue weighted by atomic mass is 9.99. The summed E-state index contributed by atoms with van der Waals surface area (Å²) in [5.41, 5.74) is 6.86. The van der Waals surface area contributed by atoms with E-state index in [1.165, 1.54) is 43.5 Å². The highest BCUT2D eigenvalue weighted by atomic mass is 19.3. The Balaban J connectivity index is 2.21. The van der Waals surface area contributed by atoms with Crippen LogP contribution in [-0.4, -0.2) is 13.7 Å². The van der Waals surface area contributed by atoms with Crippen molar-refractivity contribution < 1.29 is 22.6 Å². The van der Waals surface area contributed by atoms with Crippen LogP contribution in [0.1, 0.15) is 17.2 Å². The summed E-state index contributed by atoms with van der Waals surface area (Å²) in [6.45, 7) is -2.89. The number of hydrogen-bond donors (Lipinski definition) is 1. The van der Waals surface area contributed by atoms with Gasteiger partial charge in [0.1, 0.15) is 17.3 Å². The van der Waals surface area contributed by atoms with E-state index in [9.17, 15) is 13.2 Å². The van der Waals surface area contributed by atoms with E-state index in [0.717, 1.165) is 0 Å². The molecular weight excluding hydrogens is 283 g/mol. The lowest BCUT2D eigenvalue weighted by Gasteiger charge is -2.15. The molecule has 0 aliphatic heterocycles. The Hall–Kier alpha value is -2.21. The Kier molecular flexibility index (Phi) is 4.70. The molecule has 1 unspecified atom stereocenters. The summed E-state index contributed by atoms with van der Waals surface area (Å²) in [6.07, 6.45) is 0. The van der Waals surface area contributed by atoms with Gasteiger partial charge in [-0.1, -0.05) is 18.2 Å². The van der Waals surface area contributed by atoms with Gasteiger partial charge in [-0.15, -0.1) is 0 Å². The van der Waals surface area contributed by atoms with Crippen molar-refractivity contribution in [1.82, 2.24) is 0 Å². The highest BCUT2D eigenvalue weighted by Crippen LogP contribution is 2.26. The maximum Gasteiger partial charge on any atom is 0.387 e. The third-order valence-electron chi connectivity index (χ3n) is 3.01. The van der Waals surface area contributed by atoms with E-state index < -0.39 is 18.5 Å². The standard InChI is InChI=1S/C15H14F3NO2/c1-20-11-6-7-12(13(16)8-11)14(19)9-2-4-10(5-3-9)21-15(17)18/h2-8,14-15H,19H2,1H3. The summed E-state index contributed by atoms with van der Waals surface area (Å²) < 4.78 is 47.2. The number of hydrogen-bond acceptors (Lipinski definition) is 3. The number of halogens is 3. The molecule has 6 heteroatoms. The molecule has 0 aliphatic carbocycles. The fraction of sp³-hybridized carbons (Fsp3) is 0.200. The zero-order valence-corrected chi connectivity index (χ0v) is 11.2. The van der Waals surface area contributed by atoms with Crippen LogP contribution in [0.2, 0.25) is 0 Å². The van der Waals surface area contributed by atoms with E-state index in [-0.39, 0.29) is 5.75 Å². The summed E-state index contributed by atoms with van der Waals surface area (Å²) in [4.78, 5) is 0. The summed E-state index contributed by atoms with van der Waals surface area (Å²) in [6, 6.07) is 9.43. The summed E-state index contributed by atoms with van der Waals surface area (Å²) in [5.74, 6) is -0.0740. The molecule has 112 valence electrons. The molecule has 0 aromatic heterocycles. The van der Waals surface area contributed by atoms with Gasteiger partial charge in [0.2, 0.25) is 0 Å². The summed E-state index contributed by atoms with van der Waals surface area (Å²) in [7, 11) is 1.44. The fourth-order valence-corrected chi connectivity index (χ4v) is 1.92. The van der Waals surface area contributed by atoms with Gasteiger partial charge in [-0.3, -0.25) is 0 Å². The Labute approximate surface area is 120 Å². The molecular formula is C15H14F3NO2. The van der Waals surface area contributed by atoms with Crippen molar-refractivity contribution in [2.24, 2.45) is 5.73 Å². The maximum atomic E-state index is 13.9. The Morgan fingerprint density at radius 1 is 1.00 bits per heavy atom. The van der Waals surface area contributed by atoms with Gasteiger partial charge in [0.15, 0.2) is 0 Å². The van der Waals surface area contributed by atoms with E-state index >= 15 is 0 Å². The van der Waals surface area contributed by atoms with Crippen molar-refractivity contribution in [3.63, 3.8) is 0 Å². The van der Waals surface area contributed by atoms with Crippen molar-refractivity contribution in [3.05, 3.63) is 59.4 Å². The molecule has 2 N–H and O–H groups in total. The van der Waals surface area contributed by atoms with Crippen molar-refractivity contribution in [1.29, 1.82) is 0 Å². The molecule has 1 atom stereocenters. The van der Waals surface area contributed by atoms with Gasteiger partial charge in [-0.05, 0) is 23.8 Å². The summed E-state index contributed by atoms with van der Waals surface area (Å²) >= 11 is 0. The van der Waals surface area contributed by atoms with E-state index in [0.29, 0.717) is 16.9 Å². The van der Waals surface area contributed by atoms with Gasteiger partial charge >= 0.3 is 6.61 Å². The predicted octanol–water partition coefficient (Wildman–Crippen LogP) is 3.48. The van der Waals surface area contributed by atoms with Gasteiger partial charge in [0.25, 0.3) is 0 Å². The van der Waals surface area contributed by atoms with Crippen molar-refractivity contribution in [3.8, 4) is 11.5 Å². The molecule has 0 bridgehead atoms. The van der Waals surface area contributed by atoms with Crippen LogP contribution in [0.15, 0.2) is 42.5 Å². The minimum atomic E-state index is -2.89. The van der Waals surface area contributed by atoms with E-state index in [4.69, 9.17) is 10.5 Å². The van der Waals surface area contributed by atoms with Crippen LogP contribution in [0.4, 0.5) is 13.2 Å². The SMILES string of the molecule is COc1ccc(C(N)c2ccc(OC(F)F)cc2)c(F)c1. The predicted molar refractivity (Wildman–Crippen MR) is 72.1 cm³/mol. The van der Waals surface area contributed by atoms with Crippen LogP contribution < -0.4 is 15.2 Å².